The van der Waals surface area contributed by atoms with E-state index in [1.807, 2.05) is 0 Å². The summed E-state index contributed by atoms with van der Waals surface area (Å²) in [5.41, 5.74) is 6.83. The Bertz CT molecular complexity index is 431. The Morgan fingerprint density at radius 3 is 2.78 bits per heavy atom. The van der Waals surface area contributed by atoms with Gasteiger partial charge in [0.2, 0.25) is 5.91 Å². The number of carbonyl (C=O) groups is 1. The van der Waals surface area contributed by atoms with Gasteiger partial charge in [-0.15, -0.1) is 0 Å². The van der Waals surface area contributed by atoms with Crippen LogP contribution in [-0.4, -0.2) is 30.4 Å². The number of hydrogen-bond acceptors (Lipinski definition) is 2. The lowest BCUT2D eigenvalue weighted by Crippen LogP contribution is -2.28. The molecule has 3 atom stereocenters. The molecule has 1 saturated carbocycles. The first-order valence-corrected chi connectivity index (χ1v) is 6.80. The van der Waals surface area contributed by atoms with E-state index in [4.69, 9.17) is 5.73 Å². The minimum Gasteiger partial charge on any atom is -0.369 e. The highest BCUT2D eigenvalue weighted by atomic mass is 16.1. The lowest BCUT2D eigenvalue weighted by Gasteiger charge is -2.15. The molecule has 1 aromatic rings. The van der Waals surface area contributed by atoms with Crippen LogP contribution in [0.1, 0.15) is 24.3 Å². The third kappa shape index (κ3) is 2.41. The molecule has 0 radical (unpaired) electrons. The molecular weight excluding hydrogens is 224 g/mol. The monoisotopic (exact) mass is 244 g/mol. The summed E-state index contributed by atoms with van der Waals surface area (Å²) >= 11 is 0. The molecule has 0 spiro atoms. The normalized spacial score (nSPS) is 31.4. The van der Waals surface area contributed by atoms with Gasteiger partial charge in [-0.3, -0.25) is 4.79 Å². The molecule has 96 valence electrons. The third-order valence-corrected chi connectivity index (χ3v) is 4.32. The summed E-state index contributed by atoms with van der Waals surface area (Å²) in [6, 6.07) is 10.7. The van der Waals surface area contributed by atoms with Crippen LogP contribution in [0.25, 0.3) is 0 Å². The van der Waals surface area contributed by atoms with Crippen LogP contribution in [0.4, 0.5) is 0 Å². The van der Waals surface area contributed by atoms with Gasteiger partial charge in [-0.2, -0.15) is 0 Å². The van der Waals surface area contributed by atoms with E-state index in [2.05, 4.69) is 35.2 Å². The third-order valence-electron chi connectivity index (χ3n) is 4.32. The molecule has 1 amide bonds. The number of likely N-dealkylation sites (tertiary alicyclic amines) is 1. The van der Waals surface area contributed by atoms with Gasteiger partial charge in [0.05, 0.1) is 5.92 Å². The molecule has 0 unspecified atom stereocenters. The van der Waals surface area contributed by atoms with Crippen molar-refractivity contribution in [1.29, 1.82) is 0 Å². The first-order valence-electron chi connectivity index (χ1n) is 6.80. The molecule has 1 aromatic carbocycles. The maximum absolute atomic E-state index is 11.1. The van der Waals surface area contributed by atoms with Crippen LogP contribution in [0.3, 0.4) is 0 Å². The number of benzene rings is 1. The predicted octanol–water partition coefficient (Wildman–Crippen LogP) is 1.60. The second-order valence-corrected chi connectivity index (χ2v) is 5.66. The minimum absolute atomic E-state index is 0.0823. The highest BCUT2D eigenvalue weighted by Crippen LogP contribution is 2.48. The molecule has 0 aromatic heterocycles. The zero-order chi connectivity index (χ0) is 12.5. The van der Waals surface area contributed by atoms with Crippen molar-refractivity contribution in [2.24, 2.45) is 17.6 Å². The van der Waals surface area contributed by atoms with Gasteiger partial charge in [0.1, 0.15) is 0 Å². The Morgan fingerprint density at radius 1 is 1.33 bits per heavy atom. The highest BCUT2D eigenvalue weighted by molar-refractivity contribution is 5.77. The van der Waals surface area contributed by atoms with Gasteiger partial charge < -0.3 is 10.6 Å². The van der Waals surface area contributed by atoms with Gasteiger partial charge in [-0.25, -0.2) is 0 Å². The number of amides is 1. The maximum Gasteiger partial charge on any atom is 0.221 e. The van der Waals surface area contributed by atoms with Crippen molar-refractivity contribution in [3.8, 4) is 0 Å². The van der Waals surface area contributed by atoms with E-state index in [9.17, 15) is 4.79 Å². The lowest BCUT2D eigenvalue weighted by molar-refractivity contribution is -0.121. The van der Waals surface area contributed by atoms with Crippen LogP contribution in [0, 0.1) is 11.8 Å². The van der Waals surface area contributed by atoms with E-state index >= 15 is 0 Å². The van der Waals surface area contributed by atoms with Gasteiger partial charge >= 0.3 is 0 Å². The summed E-state index contributed by atoms with van der Waals surface area (Å²) in [4.78, 5) is 13.5. The van der Waals surface area contributed by atoms with Crippen molar-refractivity contribution >= 4 is 5.91 Å². The summed E-state index contributed by atoms with van der Waals surface area (Å²) < 4.78 is 0. The number of primary amides is 1. The fourth-order valence-corrected chi connectivity index (χ4v) is 3.12. The number of nitrogens with two attached hydrogens (primary N) is 1. The molecule has 2 aliphatic rings. The zero-order valence-corrected chi connectivity index (χ0v) is 10.6. The van der Waals surface area contributed by atoms with Crippen LogP contribution in [0.15, 0.2) is 30.3 Å². The molecule has 1 aliphatic carbocycles. The summed E-state index contributed by atoms with van der Waals surface area (Å²) in [6.07, 6.45) is 2.24. The van der Waals surface area contributed by atoms with E-state index in [1.165, 1.54) is 12.0 Å². The van der Waals surface area contributed by atoms with Crippen molar-refractivity contribution in [2.45, 2.75) is 18.8 Å². The van der Waals surface area contributed by atoms with Crippen LogP contribution >= 0.6 is 0 Å². The van der Waals surface area contributed by atoms with E-state index < -0.39 is 0 Å². The molecule has 3 rings (SSSR count). The Balaban J connectivity index is 1.51. The topological polar surface area (TPSA) is 46.3 Å². The van der Waals surface area contributed by atoms with Crippen LogP contribution in [-0.2, 0) is 4.79 Å². The minimum atomic E-state index is -0.132. The second-order valence-electron chi connectivity index (χ2n) is 5.66. The summed E-state index contributed by atoms with van der Waals surface area (Å²) in [5.74, 6) is 1.46. The van der Waals surface area contributed by atoms with Crippen LogP contribution in [0.5, 0.6) is 0 Å². The highest BCUT2D eigenvalue weighted by Gasteiger charge is 2.40. The van der Waals surface area contributed by atoms with E-state index in [0.29, 0.717) is 0 Å². The van der Waals surface area contributed by atoms with Gasteiger partial charge in [-0.1, -0.05) is 30.3 Å². The first kappa shape index (κ1) is 11.7. The van der Waals surface area contributed by atoms with Crippen LogP contribution < -0.4 is 5.73 Å². The largest absolute Gasteiger partial charge is 0.369 e. The number of carbonyl (C=O) groups excluding carboxylic acids is 1. The molecule has 2 N–H and O–H groups in total. The quantitative estimate of drug-likeness (QED) is 0.874. The average molecular weight is 244 g/mol. The number of nitrogens with zero attached hydrogens (tertiary/aromatic N) is 1. The SMILES string of the molecule is NC(=O)[C@H]1CCN(C[C@@H]2C[C@H]2c2ccccc2)C1. The van der Waals surface area contributed by atoms with Gasteiger partial charge in [0.25, 0.3) is 0 Å². The van der Waals surface area contributed by atoms with Gasteiger partial charge in [0.15, 0.2) is 0 Å². The van der Waals surface area contributed by atoms with Crippen molar-refractivity contribution in [1.82, 2.24) is 4.90 Å². The average Bonchev–Trinajstić information content (AvgIpc) is 2.97. The molecule has 0 bridgehead atoms. The van der Waals surface area contributed by atoms with Crippen molar-refractivity contribution in [2.75, 3.05) is 19.6 Å². The molecule has 2 fully saturated rings. The van der Waals surface area contributed by atoms with E-state index in [-0.39, 0.29) is 11.8 Å². The van der Waals surface area contributed by atoms with Gasteiger partial charge in [-0.05, 0) is 36.8 Å². The fraction of sp³-hybridized carbons (Fsp3) is 0.533. The van der Waals surface area contributed by atoms with Crippen molar-refractivity contribution < 1.29 is 4.79 Å². The molecule has 18 heavy (non-hydrogen) atoms. The maximum atomic E-state index is 11.1. The Kier molecular flexibility index (Phi) is 3.08. The molecular formula is C15H20N2O. The zero-order valence-electron chi connectivity index (χ0n) is 10.6. The number of rotatable bonds is 4. The second kappa shape index (κ2) is 4.73. The molecule has 1 heterocycles. The van der Waals surface area contributed by atoms with Crippen molar-refractivity contribution in [3.63, 3.8) is 0 Å². The fourth-order valence-electron chi connectivity index (χ4n) is 3.12. The lowest BCUT2D eigenvalue weighted by atomic mass is 10.1. The Labute approximate surface area is 108 Å². The van der Waals surface area contributed by atoms with E-state index in [1.54, 1.807) is 0 Å². The molecule has 1 aliphatic heterocycles. The van der Waals surface area contributed by atoms with Crippen molar-refractivity contribution in [3.05, 3.63) is 35.9 Å². The summed E-state index contributed by atoms with van der Waals surface area (Å²) in [7, 11) is 0. The molecule has 3 nitrogen and oxygen atoms in total. The number of hydrogen-bond donors (Lipinski definition) is 1. The van der Waals surface area contributed by atoms with Crippen LogP contribution in [0.2, 0.25) is 0 Å². The Morgan fingerprint density at radius 2 is 2.11 bits per heavy atom. The smallest absolute Gasteiger partial charge is 0.221 e. The Hall–Kier alpha value is -1.35. The van der Waals surface area contributed by atoms with E-state index in [0.717, 1.165) is 37.9 Å². The summed E-state index contributed by atoms with van der Waals surface area (Å²) in [5, 5.41) is 0. The van der Waals surface area contributed by atoms with Gasteiger partial charge in [0, 0.05) is 13.1 Å². The molecule has 3 heteroatoms. The first-order chi connectivity index (χ1) is 8.74. The standard InChI is InChI=1S/C15H20N2O/c16-15(18)12-6-7-17(9-12)10-13-8-14(13)11-4-2-1-3-5-11/h1-5,12-14H,6-10H2,(H2,16,18)/t12-,13-,14-/m0/s1. The molecule has 1 saturated heterocycles. The predicted molar refractivity (Wildman–Crippen MR) is 71.0 cm³/mol. The summed E-state index contributed by atoms with van der Waals surface area (Å²) in [6.45, 7) is 3.03.